The number of halogens is 4. The minimum Gasteiger partial charge on any atom is -0.478 e. The summed E-state index contributed by atoms with van der Waals surface area (Å²) >= 11 is 0. The van der Waals surface area contributed by atoms with Crippen molar-refractivity contribution in [2.75, 3.05) is 42.1 Å². The number of anilines is 2. The van der Waals surface area contributed by atoms with Crippen molar-refractivity contribution in [2.24, 2.45) is 0 Å². The van der Waals surface area contributed by atoms with Gasteiger partial charge in [-0.05, 0) is 35.9 Å². The minimum absolute atomic E-state index is 0.0136. The minimum atomic E-state index is -5.08. The second-order valence-corrected chi connectivity index (χ2v) is 9.36. The quantitative estimate of drug-likeness (QED) is 0.496. The maximum Gasteiger partial charge on any atom is 0.490 e. The van der Waals surface area contributed by atoms with Gasteiger partial charge in [0.25, 0.3) is 0 Å². The Morgan fingerprint density at radius 3 is 2.11 bits per heavy atom. The second kappa shape index (κ2) is 11.4. The predicted molar refractivity (Wildman–Crippen MR) is 119 cm³/mol. The SMILES string of the molecule is CS(=O)(=O)Nc1cc(C(=O)O)ccc1N1CCN(Cc2cccc(F)c2)CC1.O=C(O)C(F)(F)F. The number of hydrogen-bond donors (Lipinski definition) is 3. The Morgan fingerprint density at radius 1 is 1.03 bits per heavy atom. The average Bonchev–Trinajstić information content (AvgIpc) is 2.73. The number of benzene rings is 2. The molecule has 0 atom stereocenters. The summed E-state index contributed by atoms with van der Waals surface area (Å²) in [5, 5.41) is 16.3. The van der Waals surface area contributed by atoms with Crippen molar-refractivity contribution in [2.45, 2.75) is 12.7 Å². The molecule has 1 heterocycles. The first-order valence-corrected chi connectivity index (χ1v) is 11.9. The molecule has 3 rings (SSSR count). The number of carboxylic acid groups (broad SMARTS) is 2. The number of nitrogens with zero attached hydrogens (tertiary/aromatic N) is 2. The lowest BCUT2D eigenvalue weighted by Crippen LogP contribution is -2.46. The number of carboxylic acids is 2. The fourth-order valence-electron chi connectivity index (χ4n) is 3.27. The predicted octanol–water partition coefficient (Wildman–Crippen LogP) is 2.85. The number of alkyl halides is 3. The molecule has 2 aromatic carbocycles. The van der Waals surface area contributed by atoms with Crippen molar-refractivity contribution in [3.63, 3.8) is 0 Å². The normalized spacial score (nSPS) is 14.6. The van der Waals surface area contributed by atoms with Crippen LogP contribution in [-0.4, -0.2) is 74.1 Å². The molecule has 14 heteroatoms. The summed E-state index contributed by atoms with van der Waals surface area (Å²) in [5.74, 6) is -4.14. The molecule has 0 saturated carbocycles. The van der Waals surface area contributed by atoms with Gasteiger partial charge in [-0.3, -0.25) is 9.62 Å². The molecule has 0 bridgehead atoms. The van der Waals surface area contributed by atoms with E-state index < -0.39 is 28.1 Å². The van der Waals surface area contributed by atoms with Gasteiger partial charge in [-0.1, -0.05) is 12.1 Å². The summed E-state index contributed by atoms with van der Waals surface area (Å²) < 4.78 is 70.9. The highest BCUT2D eigenvalue weighted by atomic mass is 32.2. The van der Waals surface area contributed by atoms with Crippen molar-refractivity contribution < 1.29 is 45.8 Å². The van der Waals surface area contributed by atoms with Crippen molar-refractivity contribution in [3.8, 4) is 0 Å². The van der Waals surface area contributed by atoms with Gasteiger partial charge in [0.05, 0.1) is 23.2 Å². The monoisotopic (exact) mass is 521 g/mol. The van der Waals surface area contributed by atoms with E-state index in [1.165, 1.54) is 24.3 Å². The molecular weight excluding hydrogens is 498 g/mol. The van der Waals surface area contributed by atoms with Crippen LogP contribution in [0.15, 0.2) is 42.5 Å². The molecule has 2 aromatic rings. The van der Waals surface area contributed by atoms with Gasteiger partial charge in [-0.15, -0.1) is 0 Å². The molecule has 0 aliphatic carbocycles. The Morgan fingerprint density at radius 2 is 1.63 bits per heavy atom. The van der Waals surface area contributed by atoms with E-state index in [4.69, 9.17) is 9.90 Å². The van der Waals surface area contributed by atoms with Gasteiger partial charge in [0.15, 0.2) is 0 Å². The number of nitrogens with one attached hydrogen (secondary N) is 1. The average molecular weight is 521 g/mol. The van der Waals surface area contributed by atoms with Crippen LogP contribution in [0.3, 0.4) is 0 Å². The van der Waals surface area contributed by atoms with E-state index in [0.29, 0.717) is 25.3 Å². The molecule has 192 valence electrons. The number of rotatable bonds is 6. The number of hydrogen-bond acceptors (Lipinski definition) is 6. The van der Waals surface area contributed by atoms with Crippen molar-refractivity contribution in [1.82, 2.24) is 4.90 Å². The molecule has 35 heavy (non-hydrogen) atoms. The van der Waals surface area contributed by atoms with Crippen LogP contribution in [0, 0.1) is 5.82 Å². The maximum absolute atomic E-state index is 13.3. The van der Waals surface area contributed by atoms with Crippen molar-refractivity contribution >= 4 is 33.3 Å². The zero-order valence-electron chi connectivity index (χ0n) is 18.4. The lowest BCUT2D eigenvalue weighted by Gasteiger charge is -2.37. The molecule has 1 fully saturated rings. The van der Waals surface area contributed by atoms with E-state index >= 15 is 0 Å². The smallest absolute Gasteiger partial charge is 0.478 e. The third-order valence-corrected chi connectivity index (χ3v) is 5.38. The highest BCUT2D eigenvalue weighted by Crippen LogP contribution is 2.29. The van der Waals surface area contributed by atoms with Crippen LogP contribution >= 0.6 is 0 Å². The van der Waals surface area contributed by atoms with Crippen LogP contribution in [-0.2, 0) is 21.4 Å². The van der Waals surface area contributed by atoms with E-state index in [2.05, 4.69) is 9.62 Å². The summed E-state index contributed by atoms with van der Waals surface area (Å²) in [7, 11) is -3.55. The fraction of sp³-hybridized carbons (Fsp3) is 0.333. The highest BCUT2D eigenvalue weighted by Gasteiger charge is 2.38. The molecule has 0 spiro atoms. The highest BCUT2D eigenvalue weighted by molar-refractivity contribution is 7.92. The van der Waals surface area contributed by atoms with E-state index in [1.807, 2.05) is 11.0 Å². The van der Waals surface area contributed by atoms with Crippen LogP contribution < -0.4 is 9.62 Å². The third kappa shape index (κ3) is 9.05. The zero-order valence-corrected chi connectivity index (χ0v) is 19.2. The van der Waals surface area contributed by atoms with E-state index in [1.54, 1.807) is 12.1 Å². The standard InChI is InChI=1S/C19H22FN3O4S.C2HF3O2/c1-28(26,27)21-17-12-15(19(24)25)5-6-18(17)23-9-7-22(8-10-23)13-14-3-2-4-16(20)11-14;3-2(4,5)1(6)7/h2-6,11-12,21H,7-10,13H2,1H3,(H,24,25);(H,6,7). The molecule has 9 nitrogen and oxygen atoms in total. The third-order valence-electron chi connectivity index (χ3n) is 4.79. The molecule has 0 amide bonds. The number of sulfonamides is 1. The fourth-order valence-corrected chi connectivity index (χ4v) is 3.83. The Labute approximate surface area is 198 Å². The van der Waals surface area contributed by atoms with Crippen LogP contribution in [0.1, 0.15) is 15.9 Å². The first-order chi connectivity index (χ1) is 16.2. The Bertz CT molecular complexity index is 1170. The van der Waals surface area contributed by atoms with Gasteiger partial charge in [0, 0.05) is 32.7 Å². The Balaban J connectivity index is 0.000000540. The van der Waals surface area contributed by atoms with Gasteiger partial charge >= 0.3 is 18.1 Å². The molecule has 1 aliphatic rings. The first kappa shape index (κ1) is 27.9. The second-order valence-electron chi connectivity index (χ2n) is 7.61. The number of piperazine rings is 1. The topological polar surface area (TPSA) is 127 Å². The van der Waals surface area contributed by atoms with Crippen LogP contribution in [0.4, 0.5) is 28.9 Å². The van der Waals surface area contributed by atoms with Gasteiger partial charge in [-0.25, -0.2) is 22.4 Å². The lowest BCUT2D eigenvalue weighted by molar-refractivity contribution is -0.192. The molecule has 0 unspecified atom stereocenters. The first-order valence-electron chi connectivity index (χ1n) is 10.0. The Kier molecular flexibility index (Phi) is 9.04. The molecule has 0 aromatic heterocycles. The molecule has 0 radical (unpaired) electrons. The van der Waals surface area contributed by atoms with Gasteiger partial charge in [0.2, 0.25) is 10.0 Å². The molecular formula is C21H23F4N3O6S. The number of aromatic carboxylic acids is 1. The van der Waals surface area contributed by atoms with Gasteiger partial charge in [0.1, 0.15) is 5.82 Å². The Hall–Kier alpha value is -3.39. The largest absolute Gasteiger partial charge is 0.490 e. The summed E-state index contributed by atoms with van der Waals surface area (Å²) in [6.45, 7) is 3.35. The van der Waals surface area contributed by atoms with Crippen molar-refractivity contribution in [1.29, 1.82) is 0 Å². The summed E-state index contributed by atoms with van der Waals surface area (Å²) in [6.07, 6.45) is -4.05. The molecule has 1 saturated heterocycles. The van der Waals surface area contributed by atoms with E-state index in [0.717, 1.165) is 24.9 Å². The van der Waals surface area contributed by atoms with Crippen molar-refractivity contribution in [3.05, 3.63) is 59.4 Å². The molecule has 3 N–H and O–H groups in total. The number of carbonyl (C=O) groups is 2. The van der Waals surface area contributed by atoms with E-state index in [9.17, 15) is 35.9 Å². The van der Waals surface area contributed by atoms with Gasteiger partial charge < -0.3 is 15.1 Å². The molecule has 1 aliphatic heterocycles. The summed E-state index contributed by atoms with van der Waals surface area (Å²) in [4.78, 5) is 24.3. The van der Waals surface area contributed by atoms with Crippen LogP contribution in [0.2, 0.25) is 0 Å². The zero-order chi connectivity index (χ0) is 26.4. The lowest BCUT2D eigenvalue weighted by atomic mass is 10.1. The van der Waals surface area contributed by atoms with Crippen LogP contribution in [0.5, 0.6) is 0 Å². The van der Waals surface area contributed by atoms with Crippen LogP contribution in [0.25, 0.3) is 0 Å². The summed E-state index contributed by atoms with van der Waals surface area (Å²) in [5.41, 5.74) is 1.81. The maximum atomic E-state index is 13.3. The van der Waals surface area contributed by atoms with E-state index in [-0.39, 0.29) is 17.1 Å². The summed E-state index contributed by atoms with van der Waals surface area (Å²) in [6, 6.07) is 10.9. The number of aliphatic carboxylic acids is 1. The van der Waals surface area contributed by atoms with Gasteiger partial charge in [-0.2, -0.15) is 13.2 Å².